The molecule has 2 heterocycles. The number of anilines is 1. The summed E-state index contributed by atoms with van der Waals surface area (Å²) in [6.45, 7) is 1.19. The fourth-order valence-corrected chi connectivity index (χ4v) is 4.43. The van der Waals surface area contributed by atoms with E-state index < -0.39 is 10.0 Å². The van der Waals surface area contributed by atoms with Crippen molar-refractivity contribution in [2.75, 3.05) is 24.7 Å². The third-order valence-electron chi connectivity index (χ3n) is 4.78. The Kier molecular flexibility index (Phi) is 4.68. The summed E-state index contributed by atoms with van der Waals surface area (Å²) in [5.74, 6) is 0.212. The molecule has 1 aromatic rings. The fourth-order valence-electron chi connectivity index (χ4n) is 3.52. The molecule has 0 bridgehead atoms. The molecular weight excluding hydrogens is 298 g/mol. The standard InChI is InChI=1S/C16H25N3O2S/c1-22(20,21)19-10-4-5-13(12-19)16-9-8-15(11-17-16)18-14-6-2-3-7-14/h8-9,11,13-14,18H,2-7,10,12H2,1H3/t13-/m0/s1. The molecule has 0 aromatic carbocycles. The lowest BCUT2D eigenvalue weighted by molar-refractivity contribution is 0.314. The zero-order chi connectivity index (χ0) is 15.6. The summed E-state index contributed by atoms with van der Waals surface area (Å²) in [4.78, 5) is 4.58. The second kappa shape index (κ2) is 6.54. The normalized spacial score (nSPS) is 24.5. The van der Waals surface area contributed by atoms with Crippen LogP contribution in [0.2, 0.25) is 0 Å². The van der Waals surface area contributed by atoms with Gasteiger partial charge in [-0.25, -0.2) is 12.7 Å². The van der Waals surface area contributed by atoms with Gasteiger partial charge in [-0.2, -0.15) is 0 Å². The van der Waals surface area contributed by atoms with Crippen molar-refractivity contribution in [2.24, 2.45) is 0 Å². The minimum atomic E-state index is -3.10. The van der Waals surface area contributed by atoms with Gasteiger partial charge in [0, 0.05) is 30.7 Å². The van der Waals surface area contributed by atoms with Gasteiger partial charge in [-0.05, 0) is 37.8 Å². The number of hydrogen-bond acceptors (Lipinski definition) is 4. The van der Waals surface area contributed by atoms with Crippen LogP contribution >= 0.6 is 0 Å². The Hall–Kier alpha value is -1.14. The van der Waals surface area contributed by atoms with Gasteiger partial charge in [0.2, 0.25) is 10.0 Å². The van der Waals surface area contributed by atoms with E-state index in [0.717, 1.165) is 24.2 Å². The summed E-state index contributed by atoms with van der Waals surface area (Å²) in [6, 6.07) is 4.72. The molecule has 0 radical (unpaired) electrons. The molecule has 0 amide bonds. The van der Waals surface area contributed by atoms with Crippen LogP contribution in [0.5, 0.6) is 0 Å². The molecule has 3 rings (SSSR count). The first kappa shape index (κ1) is 15.7. The molecule has 0 spiro atoms. The number of piperidine rings is 1. The lowest BCUT2D eigenvalue weighted by atomic mass is 9.95. The Morgan fingerprint density at radius 3 is 2.59 bits per heavy atom. The average Bonchev–Trinajstić information content (AvgIpc) is 3.00. The van der Waals surface area contributed by atoms with Crippen molar-refractivity contribution in [1.82, 2.24) is 9.29 Å². The molecule has 2 fully saturated rings. The number of hydrogen-bond donors (Lipinski definition) is 1. The van der Waals surface area contributed by atoms with Crippen LogP contribution in [0.3, 0.4) is 0 Å². The molecule has 0 unspecified atom stereocenters. The second-order valence-electron chi connectivity index (χ2n) is 6.56. The average molecular weight is 323 g/mol. The van der Waals surface area contributed by atoms with Crippen LogP contribution in [0.1, 0.15) is 50.1 Å². The number of aromatic nitrogens is 1. The Morgan fingerprint density at radius 2 is 1.95 bits per heavy atom. The largest absolute Gasteiger partial charge is 0.381 e. The zero-order valence-corrected chi connectivity index (χ0v) is 14.0. The SMILES string of the molecule is CS(=O)(=O)N1CCC[C@H](c2ccc(NC3CCCC3)cn2)C1. The van der Waals surface area contributed by atoms with Crippen molar-refractivity contribution >= 4 is 15.7 Å². The summed E-state index contributed by atoms with van der Waals surface area (Å²) in [7, 11) is -3.10. The lowest BCUT2D eigenvalue weighted by Crippen LogP contribution is -2.38. The highest BCUT2D eigenvalue weighted by Gasteiger charge is 2.27. The van der Waals surface area contributed by atoms with E-state index in [9.17, 15) is 8.42 Å². The van der Waals surface area contributed by atoms with Crippen molar-refractivity contribution in [1.29, 1.82) is 0 Å². The molecule has 1 aliphatic heterocycles. The van der Waals surface area contributed by atoms with Gasteiger partial charge >= 0.3 is 0 Å². The minimum absolute atomic E-state index is 0.212. The van der Waals surface area contributed by atoms with Crippen LogP contribution < -0.4 is 5.32 Å². The molecule has 1 atom stereocenters. The Bertz CT molecular complexity index is 594. The van der Waals surface area contributed by atoms with Crippen LogP contribution in [-0.4, -0.2) is 43.1 Å². The maximum Gasteiger partial charge on any atom is 0.211 e. The number of nitrogens with zero attached hydrogens (tertiary/aromatic N) is 2. The van der Waals surface area contributed by atoms with Crippen molar-refractivity contribution in [3.05, 3.63) is 24.0 Å². The number of nitrogens with one attached hydrogen (secondary N) is 1. The number of sulfonamides is 1. The van der Waals surface area contributed by atoms with Gasteiger partial charge in [-0.3, -0.25) is 4.98 Å². The smallest absolute Gasteiger partial charge is 0.211 e. The van der Waals surface area contributed by atoms with Gasteiger partial charge < -0.3 is 5.32 Å². The third-order valence-corrected chi connectivity index (χ3v) is 6.05. The van der Waals surface area contributed by atoms with E-state index in [-0.39, 0.29) is 5.92 Å². The molecule has 2 aliphatic rings. The number of rotatable bonds is 4. The molecule has 22 heavy (non-hydrogen) atoms. The third kappa shape index (κ3) is 3.79. The van der Waals surface area contributed by atoms with Crippen molar-refractivity contribution in [2.45, 2.75) is 50.5 Å². The van der Waals surface area contributed by atoms with E-state index in [1.54, 1.807) is 4.31 Å². The Balaban J connectivity index is 1.64. The van der Waals surface area contributed by atoms with Crippen LogP contribution in [0.25, 0.3) is 0 Å². The lowest BCUT2D eigenvalue weighted by Gasteiger charge is -2.30. The van der Waals surface area contributed by atoms with E-state index >= 15 is 0 Å². The molecule has 1 aliphatic carbocycles. The van der Waals surface area contributed by atoms with E-state index in [4.69, 9.17) is 0 Å². The highest BCUT2D eigenvalue weighted by atomic mass is 32.2. The highest BCUT2D eigenvalue weighted by molar-refractivity contribution is 7.88. The van der Waals surface area contributed by atoms with Gasteiger partial charge in [0.1, 0.15) is 0 Å². The van der Waals surface area contributed by atoms with Crippen LogP contribution in [-0.2, 0) is 10.0 Å². The molecule has 1 saturated heterocycles. The Morgan fingerprint density at radius 1 is 1.18 bits per heavy atom. The zero-order valence-electron chi connectivity index (χ0n) is 13.2. The summed E-state index contributed by atoms with van der Waals surface area (Å²) >= 11 is 0. The molecule has 1 aromatic heterocycles. The van der Waals surface area contributed by atoms with Crippen molar-refractivity contribution < 1.29 is 8.42 Å². The summed E-state index contributed by atoms with van der Waals surface area (Å²) in [5.41, 5.74) is 2.08. The molecule has 6 heteroatoms. The Labute approximate surface area is 133 Å². The van der Waals surface area contributed by atoms with Gasteiger partial charge in [0.15, 0.2) is 0 Å². The maximum atomic E-state index is 11.7. The van der Waals surface area contributed by atoms with Gasteiger partial charge in [-0.15, -0.1) is 0 Å². The van der Waals surface area contributed by atoms with Crippen molar-refractivity contribution in [3.63, 3.8) is 0 Å². The monoisotopic (exact) mass is 323 g/mol. The quantitative estimate of drug-likeness (QED) is 0.925. The number of pyridine rings is 1. The summed E-state index contributed by atoms with van der Waals surface area (Å²) in [5, 5.41) is 3.54. The first-order chi connectivity index (χ1) is 10.5. The van der Waals surface area contributed by atoms with Crippen LogP contribution in [0.15, 0.2) is 18.3 Å². The molecule has 1 N–H and O–H groups in total. The topological polar surface area (TPSA) is 62.3 Å². The fraction of sp³-hybridized carbons (Fsp3) is 0.688. The maximum absolute atomic E-state index is 11.7. The van der Waals surface area contributed by atoms with Crippen LogP contribution in [0, 0.1) is 0 Å². The van der Waals surface area contributed by atoms with Crippen molar-refractivity contribution in [3.8, 4) is 0 Å². The first-order valence-electron chi connectivity index (χ1n) is 8.20. The predicted octanol–water partition coefficient (Wildman–Crippen LogP) is 2.58. The summed E-state index contributed by atoms with van der Waals surface area (Å²) < 4.78 is 25.0. The van der Waals surface area contributed by atoms with E-state index in [2.05, 4.69) is 16.4 Å². The van der Waals surface area contributed by atoms with E-state index in [1.165, 1.54) is 31.9 Å². The highest BCUT2D eigenvalue weighted by Crippen LogP contribution is 2.28. The second-order valence-corrected chi connectivity index (χ2v) is 8.54. The van der Waals surface area contributed by atoms with Gasteiger partial charge in [-0.1, -0.05) is 12.8 Å². The minimum Gasteiger partial charge on any atom is -0.381 e. The van der Waals surface area contributed by atoms with Gasteiger partial charge in [0.05, 0.1) is 18.1 Å². The summed E-state index contributed by atoms with van der Waals surface area (Å²) in [6.07, 6.45) is 10.2. The molecular formula is C16H25N3O2S. The van der Waals surface area contributed by atoms with Crippen LogP contribution in [0.4, 0.5) is 5.69 Å². The van der Waals surface area contributed by atoms with E-state index in [1.807, 2.05) is 12.3 Å². The molecule has 5 nitrogen and oxygen atoms in total. The molecule has 1 saturated carbocycles. The van der Waals surface area contributed by atoms with E-state index in [0.29, 0.717) is 19.1 Å². The first-order valence-corrected chi connectivity index (χ1v) is 10.0. The molecule has 122 valence electrons. The predicted molar refractivity (Wildman–Crippen MR) is 88.5 cm³/mol. The van der Waals surface area contributed by atoms with Gasteiger partial charge in [0.25, 0.3) is 0 Å².